The molecule has 54 valence electrons. The molecule has 0 spiro atoms. The Morgan fingerprint density at radius 1 is 1.89 bits per heavy atom. The summed E-state index contributed by atoms with van der Waals surface area (Å²) in [5, 5.41) is 2.87. The van der Waals surface area contributed by atoms with Gasteiger partial charge in [-0.1, -0.05) is 12.2 Å². The number of thiol groups is 1. The lowest BCUT2D eigenvalue weighted by Crippen LogP contribution is -2.27. The highest BCUT2D eigenvalue weighted by Crippen LogP contribution is 1.85. The zero-order chi connectivity index (χ0) is 7.28. The Labute approximate surface area is 66.4 Å². The molecule has 0 bridgehead atoms. The lowest BCUT2D eigenvalue weighted by molar-refractivity contribution is 0.122. The van der Waals surface area contributed by atoms with E-state index < -0.39 is 0 Å². The van der Waals surface area contributed by atoms with Crippen molar-refractivity contribution in [3.63, 3.8) is 0 Å². The third-order valence-electron chi connectivity index (χ3n) is 0.943. The first-order valence-corrected chi connectivity index (χ1v) is 3.52. The first-order chi connectivity index (χ1) is 4.16. The van der Waals surface area contributed by atoms with Gasteiger partial charge in [0.15, 0.2) is 0 Å². The minimum atomic E-state index is 0.190. The summed E-state index contributed by atoms with van der Waals surface area (Å²) in [7, 11) is 1.66. The Kier molecular flexibility index (Phi) is 5.13. The predicted octanol–water partition coefficient (Wildman–Crippen LogP) is 0.826. The van der Waals surface area contributed by atoms with E-state index in [1.165, 1.54) is 0 Å². The second kappa shape index (κ2) is 5.02. The van der Waals surface area contributed by atoms with Crippen molar-refractivity contribution in [1.29, 1.82) is 0 Å². The zero-order valence-electron chi connectivity index (χ0n) is 5.55. The SMILES string of the molecule is CO[C@H](C)CNC(=S)S. The first kappa shape index (κ1) is 9.20. The van der Waals surface area contributed by atoms with Gasteiger partial charge in [-0.05, 0) is 6.92 Å². The molecule has 0 aromatic rings. The fourth-order valence-electron chi connectivity index (χ4n) is 0.314. The maximum absolute atomic E-state index is 4.94. The maximum atomic E-state index is 4.94. The summed E-state index contributed by atoms with van der Waals surface area (Å²) >= 11 is 8.54. The Balaban J connectivity index is 3.16. The average molecular weight is 165 g/mol. The molecule has 0 amide bonds. The molecule has 0 heterocycles. The summed E-state index contributed by atoms with van der Waals surface area (Å²) < 4.78 is 5.46. The number of nitrogens with one attached hydrogen (secondary N) is 1. The van der Waals surface area contributed by atoms with Crippen LogP contribution in [0.15, 0.2) is 0 Å². The van der Waals surface area contributed by atoms with Crippen molar-refractivity contribution in [1.82, 2.24) is 5.32 Å². The normalized spacial score (nSPS) is 12.8. The first-order valence-electron chi connectivity index (χ1n) is 2.66. The summed E-state index contributed by atoms with van der Waals surface area (Å²) in [6.45, 7) is 2.68. The molecule has 0 fully saturated rings. The van der Waals surface area contributed by atoms with Crippen molar-refractivity contribution in [2.24, 2.45) is 0 Å². The molecule has 0 aromatic carbocycles. The van der Waals surface area contributed by atoms with E-state index in [9.17, 15) is 0 Å². The van der Waals surface area contributed by atoms with Crippen LogP contribution >= 0.6 is 24.8 Å². The monoisotopic (exact) mass is 165 g/mol. The molecule has 0 unspecified atom stereocenters. The fraction of sp³-hybridized carbons (Fsp3) is 0.800. The van der Waals surface area contributed by atoms with Crippen LogP contribution < -0.4 is 5.32 Å². The number of hydrogen-bond acceptors (Lipinski definition) is 2. The molecule has 1 atom stereocenters. The second-order valence-corrected chi connectivity index (χ2v) is 2.89. The summed E-state index contributed by atoms with van der Waals surface area (Å²) in [6.07, 6.45) is 0.190. The highest BCUT2D eigenvalue weighted by atomic mass is 32.1. The van der Waals surface area contributed by atoms with Gasteiger partial charge < -0.3 is 10.1 Å². The van der Waals surface area contributed by atoms with E-state index in [0.717, 1.165) is 6.54 Å². The number of methoxy groups -OCH3 is 1. The van der Waals surface area contributed by atoms with Crippen LogP contribution in [0, 0.1) is 0 Å². The van der Waals surface area contributed by atoms with E-state index in [2.05, 4.69) is 30.2 Å². The Hall–Kier alpha value is 0.200. The van der Waals surface area contributed by atoms with Crippen molar-refractivity contribution >= 4 is 29.2 Å². The predicted molar refractivity (Wildman–Crippen MR) is 46.1 cm³/mol. The molecule has 4 heteroatoms. The largest absolute Gasteiger partial charge is 0.380 e. The molecular weight excluding hydrogens is 154 g/mol. The molecule has 0 aromatic heterocycles. The molecule has 0 rings (SSSR count). The van der Waals surface area contributed by atoms with E-state index in [1.807, 2.05) is 6.92 Å². The number of hydrogen-bond donors (Lipinski definition) is 2. The summed E-state index contributed by atoms with van der Waals surface area (Å²) in [5.74, 6) is 0. The minimum absolute atomic E-state index is 0.190. The number of thiocarbonyl (C=S) groups is 1. The summed E-state index contributed by atoms with van der Waals surface area (Å²) in [4.78, 5) is 0. The molecule has 0 saturated heterocycles. The zero-order valence-corrected chi connectivity index (χ0v) is 7.26. The van der Waals surface area contributed by atoms with Crippen LogP contribution in [0.1, 0.15) is 6.92 Å². The quantitative estimate of drug-likeness (QED) is 0.478. The van der Waals surface area contributed by atoms with Crippen molar-refractivity contribution in [3.05, 3.63) is 0 Å². The van der Waals surface area contributed by atoms with Gasteiger partial charge in [0.05, 0.1) is 6.10 Å². The Bertz CT molecular complexity index is 97.0. The van der Waals surface area contributed by atoms with Crippen molar-refractivity contribution in [2.45, 2.75) is 13.0 Å². The smallest absolute Gasteiger partial charge is 0.130 e. The van der Waals surface area contributed by atoms with Gasteiger partial charge in [-0.2, -0.15) is 0 Å². The highest BCUT2D eigenvalue weighted by molar-refractivity contribution is 8.11. The topological polar surface area (TPSA) is 21.3 Å². The van der Waals surface area contributed by atoms with Crippen LogP contribution in [0.3, 0.4) is 0 Å². The highest BCUT2D eigenvalue weighted by Gasteiger charge is 1.96. The molecule has 0 aliphatic heterocycles. The molecule has 1 N–H and O–H groups in total. The van der Waals surface area contributed by atoms with Crippen molar-refractivity contribution in [2.75, 3.05) is 13.7 Å². The minimum Gasteiger partial charge on any atom is -0.380 e. The van der Waals surface area contributed by atoms with Crippen LogP contribution in [0.25, 0.3) is 0 Å². The maximum Gasteiger partial charge on any atom is 0.130 e. The van der Waals surface area contributed by atoms with E-state index in [1.54, 1.807) is 7.11 Å². The Morgan fingerprint density at radius 2 is 2.44 bits per heavy atom. The average Bonchev–Trinajstić information content (AvgIpc) is 1.83. The van der Waals surface area contributed by atoms with Gasteiger partial charge in [0.25, 0.3) is 0 Å². The lowest BCUT2D eigenvalue weighted by atomic mass is 10.4. The third kappa shape index (κ3) is 6.08. The van der Waals surface area contributed by atoms with Gasteiger partial charge in [0.2, 0.25) is 0 Å². The Morgan fingerprint density at radius 3 is 2.78 bits per heavy atom. The van der Waals surface area contributed by atoms with E-state index >= 15 is 0 Å². The van der Waals surface area contributed by atoms with Gasteiger partial charge in [0.1, 0.15) is 4.32 Å². The van der Waals surface area contributed by atoms with E-state index in [0.29, 0.717) is 4.32 Å². The van der Waals surface area contributed by atoms with Crippen LogP contribution in [0.2, 0.25) is 0 Å². The van der Waals surface area contributed by atoms with Gasteiger partial charge >= 0.3 is 0 Å². The molecule has 0 aliphatic carbocycles. The van der Waals surface area contributed by atoms with Gasteiger partial charge in [-0.25, -0.2) is 0 Å². The van der Waals surface area contributed by atoms with Crippen LogP contribution in [0.4, 0.5) is 0 Å². The summed E-state index contributed by atoms with van der Waals surface area (Å²) in [6, 6.07) is 0. The van der Waals surface area contributed by atoms with Crippen LogP contribution in [-0.4, -0.2) is 24.1 Å². The molecule has 9 heavy (non-hydrogen) atoms. The second-order valence-electron chi connectivity index (χ2n) is 1.73. The van der Waals surface area contributed by atoms with Crippen molar-refractivity contribution in [3.8, 4) is 0 Å². The fourth-order valence-corrected chi connectivity index (χ4v) is 0.489. The van der Waals surface area contributed by atoms with Crippen molar-refractivity contribution < 1.29 is 4.74 Å². The van der Waals surface area contributed by atoms with Gasteiger partial charge in [-0.3, -0.25) is 0 Å². The molecule has 0 aliphatic rings. The molecule has 2 nitrogen and oxygen atoms in total. The summed E-state index contributed by atoms with van der Waals surface area (Å²) in [5.41, 5.74) is 0. The van der Waals surface area contributed by atoms with Gasteiger partial charge in [-0.15, -0.1) is 12.6 Å². The van der Waals surface area contributed by atoms with E-state index in [-0.39, 0.29) is 6.10 Å². The number of ether oxygens (including phenoxy) is 1. The van der Waals surface area contributed by atoms with E-state index in [4.69, 9.17) is 4.74 Å². The molecule has 0 saturated carbocycles. The van der Waals surface area contributed by atoms with Crippen LogP contribution in [-0.2, 0) is 4.74 Å². The number of rotatable bonds is 3. The third-order valence-corrected chi connectivity index (χ3v) is 1.25. The standard InChI is InChI=1S/C5H11NOS2/c1-4(7-2)3-6-5(8)9/h4H,3H2,1-2H3,(H2,6,8,9)/t4-/m1/s1. The van der Waals surface area contributed by atoms with Gasteiger partial charge in [0, 0.05) is 13.7 Å². The van der Waals surface area contributed by atoms with Crippen LogP contribution in [0.5, 0.6) is 0 Å². The lowest BCUT2D eigenvalue weighted by Gasteiger charge is -2.09. The molecular formula is C5H11NOS2. The molecule has 0 radical (unpaired) electrons.